The molecule has 3 heterocycles. The van der Waals surface area contributed by atoms with Crippen LogP contribution in [0.5, 0.6) is 0 Å². The van der Waals surface area contributed by atoms with Crippen LogP contribution in [0, 0.1) is 17.7 Å². The molecule has 3 atom stereocenters. The van der Waals surface area contributed by atoms with Crippen LogP contribution >= 0.6 is 0 Å². The van der Waals surface area contributed by atoms with Gasteiger partial charge < -0.3 is 14.8 Å². The summed E-state index contributed by atoms with van der Waals surface area (Å²) in [6.07, 6.45) is 6.83. The lowest BCUT2D eigenvalue weighted by Crippen LogP contribution is -2.46. The third kappa shape index (κ3) is 3.31. The average Bonchev–Trinajstić information content (AvgIpc) is 3.25. The second kappa shape index (κ2) is 6.51. The summed E-state index contributed by atoms with van der Waals surface area (Å²) >= 11 is 0. The number of pyridine rings is 1. The van der Waals surface area contributed by atoms with Crippen molar-refractivity contribution in [2.45, 2.75) is 32.5 Å². The highest BCUT2D eigenvalue weighted by atomic mass is 19.1. The minimum atomic E-state index is -0.556. The van der Waals surface area contributed by atoms with E-state index in [1.165, 1.54) is 12.3 Å². The Bertz CT molecular complexity index is 852. The molecule has 2 aromatic rings. The van der Waals surface area contributed by atoms with Gasteiger partial charge in [-0.15, -0.1) is 0 Å². The molecule has 26 heavy (non-hydrogen) atoms. The van der Waals surface area contributed by atoms with Crippen molar-refractivity contribution in [2.75, 3.05) is 6.54 Å². The highest BCUT2D eigenvalue weighted by Crippen LogP contribution is 2.37. The van der Waals surface area contributed by atoms with Crippen LogP contribution in [0.15, 0.2) is 30.9 Å². The topological polar surface area (TPSA) is 80.1 Å². The molecule has 7 nitrogen and oxygen atoms in total. The van der Waals surface area contributed by atoms with Crippen LogP contribution in [0.25, 0.3) is 0 Å². The fraction of sp³-hybridized carbons (Fsp3) is 0.444. The summed E-state index contributed by atoms with van der Waals surface area (Å²) < 4.78 is 15.4. The second-order valence-corrected chi connectivity index (χ2v) is 7.10. The maximum absolute atomic E-state index is 13.4. The first kappa shape index (κ1) is 16.7. The number of carbonyl (C=O) groups excluding carboxylic acids is 2. The van der Waals surface area contributed by atoms with Gasteiger partial charge in [0.25, 0.3) is 5.91 Å². The highest BCUT2D eigenvalue weighted by molar-refractivity contribution is 5.94. The lowest BCUT2D eigenvalue weighted by Gasteiger charge is -2.25. The van der Waals surface area contributed by atoms with Crippen molar-refractivity contribution in [1.82, 2.24) is 24.8 Å². The van der Waals surface area contributed by atoms with Gasteiger partial charge in [0.15, 0.2) is 0 Å². The molecule has 4 rings (SSSR count). The largest absolute Gasteiger partial charge is 0.350 e. The number of fused-ring (bicyclic) bond motifs is 1. The van der Waals surface area contributed by atoms with Gasteiger partial charge in [-0.3, -0.25) is 14.6 Å². The number of rotatable bonds is 3. The van der Waals surface area contributed by atoms with Crippen molar-refractivity contribution < 1.29 is 14.0 Å². The molecule has 0 spiro atoms. The van der Waals surface area contributed by atoms with Crippen LogP contribution in [0.4, 0.5) is 4.39 Å². The molecule has 1 fully saturated rings. The van der Waals surface area contributed by atoms with Gasteiger partial charge in [0.2, 0.25) is 5.91 Å². The van der Waals surface area contributed by atoms with Crippen molar-refractivity contribution in [1.29, 1.82) is 0 Å². The Labute approximate surface area is 150 Å². The van der Waals surface area contributed by atoms with Crippen LogP contribution in [0.3, 0.4) is 0 Å². The molecular weight excluding hydrogens is 337 g/mol. The van der Waals surface area contributed by atoms with E-state index in [1.54, 1.807) is 11.1 Å². The minimum absolute atomic E-state index is 0.0332. The molecule has 2 aromatic heterocycles. The zero-order valence-corrected chi connectivity index (χ0v) is 14.4. The summed E-state index contributed by atoms with van der Waals surface area (Å²) in [5, 5.41) is 3.06. The zero-order valence-electron chi connectivity index (χ0n) is 14.4. The fourth-order valence-electron chi connectivity index (χ4n) is 3.41. The third-order valence-electron chi connectivity index (χ3n) is 5.02. The van der Waals surface area contributed by atoms with Crippen molar-refractivity contribution in [3.05, 3.63) is 48.1 Å². The van der Waals surface area contributed by atoms with Gasteiger partial charge in [0.05, 0.1) is 24.3 Å². The molecule has 1 N–H and O–H groups in total. The molecule has 0 radical (unpaired) electrons. The predicted molar refractivity (Wildman–Crippen MR) is 90.4 cm³/mol. The first-order chi connectivity index (χ1) is 12.5. The van der Waals surface area contributed by atoms with Gasteiger partial charge in [-0.2, -0.15) is 0 Å². The standard InChI is InChI=1S/C18H20FN5O2/c1-11-4-15(11)17(25)22-14-8-23-3-2-21-16(23)10-24(9-14)18(26)12-5-13(19)7-20-6-12/h2-3,5-7,11,14-15H,4,8-10H2,1H3,(H,22,25)/t11-,14?,15-/m1/s1. The molecule has 0 bridgehead atoms. The summed E-state index contributed by atoms with van der Waals surface area (Å²) in [6.45, 7) is 3.24. The van der Waals surface area contributed by atoms with Crippen molar-refractivity contribution in [3.8, 4) is 0 Å². The lowest BCUT2D eigenvalue weighted by atomic mass is 10.2. The first-order valence-corrected chi connectivity index (χ1v) is 8.71. The number of imidazole rings is 1. The number of hydrogen-bond donors (Lipinski definition) is 1. The van der Waals surface area contributed by atoms with E-state index in [9.17, 15) is 14.0 Å². The lowest BCUT2D eigenvalue weighted by molar-refractivity contribution is -0.123. The van der Waals surface area contributed by atoms with Gasteiger partial charge in [-0.1, -0.05) is 6.92 Å². The van der Waals surface area contributed by atoms with E-state index in [1.807, 2.05) is 10.8 Å². The molecular formula is C18H20FN5O2. The maximum atomic E-state index is 13.4. The molecule has 1 aliphatic carbocycles. The monoisotopic (exact) mass is 357 g/mol. The van der Waals surface area contributed by atoms with E-state index in [-0.39, 0.29) is 29.3 Å². The molecule has 0 saturated heterocycles. The molecule has 1 saturated carbocycles. The van der Waals surface area contributed by atoms with Crippen LogP contribution in [0.2, 0.25) is 0 Å². The summed E-state index contributed by atoms with van der Waals surface area (Å²) in [5.74, 6) is 0.371. The fourth-order valence-corrected chi connectivity index (χ4v) is 3.41. The van der Waals surface area contributed by atoms with Gasteiger partial charge in [-0.05, 0) is 18.4 Å². The van der Waals surface area contributed by atoms with Crippen LogP contribution in [-0.4, -0.2) is 43.8 Å². The Hall–Kier alpha value is -2.77. The summed E-state index contributed by atoms with van der Waals surface area (Å²) in [4.78, 5) is 34.8. The van der Waals surface area contributed by atoms with Crippen molar-refractivity contribution in [3.63, 3.8) is 0 Å². The van der Waals surface area contributed by atoms with E-state index in [0.717, 1.165) is 18.4 Å². The Morgan fingerprint density at radius 2 is 2.12 bits per heavy atom. The SMILES string of the molecule is C[C@@H]1C[C@H]1C(=O)NC1CN(C(=O)c2cncc(F)c2)Cc2nccn2C1. The van der Waals surface area contributed by atoms with Gasteiger partial charge in [-0.25, -0.2) is 9.37 Å². The van der Waals surface area contributed by atoms with Crippen LogP contribution < -0.4 is 5.32 Å². The number of halogens is 1. The average molecular weight is 357 g/mol. The van der Waals surface area contributed by atoms with Crippen LogP contribution in [-0.2, 0) is 17.9 Å². The minimum Gasteiger partial charge on any atom is -0.350 e. The molecule has 1 aliphatic heterocycles. The maximum Gasteiger partial charge on any atom is 0.256 e. The summed E-state index contributed by atoms with van der Waals surface area (Å²) in [7, 11) is 0. The van der Waals surface area contributed by atoms with E-state index >= 15 is 0 Å². The number of nitrogens with zero attached hydrogens (tertiary/aromatic N) is 4. The number of hydrogen-bond acceptors (Lipinski definition) is 4. The van der Waals surface area contributed by atoms with Gasteiger partial charge >= 0.3 is 0 Å². The van der Waals surface area contributed by atoms with Crippen LogP contribution in [0.1, 0.15) is 29.5 Å². The number of nitrogens with one attached hydrogen (secondary N) is 1. The summed E-state index contributed by atoms with van der Waals surface area (Å²) in [5.41, 5.74) is 0.186. The number of amides is 2. The molecule has 2 amide bonds. The van der Waals surface area contributed by atoms with Crippen molar-refractivity contribution in [2.24, 2.45) is 11.8 Å². The Morgan fingerprint density at radius 3 is 2.85 bits per heavy atom. The molecule has 0 aromatic carbocycles. The van der Waals surface area contributed by atoms with E-state index in [0.29, 0.717) is 25.6 Å². The molecule has 2 aliphatic rings. The van der Waals surface area contributed by atoms with Gasteiger partial charge in [0.1, 0.15) is 11.6 Å². The second-order valence-electron chi connectivity index (χ2n) is 7.10. The van der Waals surface area contributed by atoms with E-state index in [4.69, 9.17) is 0 Å². The quantitative estimate of drug-likeness (QED) is 0.896. The molecule has 1 unspecified atom stereocenters. The normalized spacial score (nSPS) is 24.5. The zero-order chi connectivity index (χ0) is 18.3. The predicted octanol–water partition coefficient (Wildman–Crippen LogP) is 1.21. The highest BCUT2D eigenvalue weighted by Gasteiger charge is 2.40. The molecule has 8 heteroatoms. The van der Waals surface area contributed by atoms with E-state index < -0.39 is 5.82 Å². The number of aromatic nitrogens is 3. The number of carbonyl (C=O) groups is 2. The third-order valence-corrected chi connectivity index (χ3v) is 5.02. The first-order valence-electron chi connectivity index (χ1n) is 8.71. The van der Waals surface area contributed by atoms with Gasteiger partial charge in [0, 0.05) is 37.6 Å². The molecule has 136 valence electrons. The van der Waals surface area contributed by atoms with Crippen molar-refractivity contribution >= 4 is 11.8 Å². The Balaban J connectivity index is 1.56. The smallest absolute Gasteiger partial charge is 0.256 e. The summed E-state index contributed by atoms with van der Waals surface area (Å²) in [6, 6.07) is 0.947. The Morgan fingerprint density at radius 1 is 1.31 bits per heavy atom. The van der Waals surface area contributed by atoms with E-state index in [2.05, 4.69) is 22.2 Å². The Kier molecular flexibility index (Phi) is 4.18.